The summed E-state index contributed by atoms with van der Waals surface area (Å²) in [5.74, 6) is 1.39. The molecule has 2 aliphatic rings. The Bertz CT molecular complexity index is 1290. The van der Waals surface area contributed by atoms with Gasteiger partial charge in [0.2, 0.25) is 0 Å². The lowest BCUT2D eigenvalue weighted by Gasteiger charge is -2.36. The number of hydrogen-bond acceptors (Lipinski definition) is 5. The van der Waals surface area contributed by atoms with Crippen LogP contribution >= 0.6 is 11.6 Å². The van der Waals surface area contributed by atoms with Crippen LogP contribution < -0.4 is 9.64 Å². The second kappa shape index (κ2) is 10.9. The summed E-state index contributed by atoms with van der Waals surface area (Å²) in [6.45, 7) is 3.00. The fraction of sp³-hybridized carbons (Fsp3) is 0.452. The molecular formula is C31H37ClN2O3. The van der Waals surface area contributed by atoms with E-state index in [4.69, 9.17) is 16.3 Å². The van der Waals surface area contributed by atoms with E-state index in [-0.39, 0.29) is 16.7 Å². The highest BCUT2D eigenvalue weighted by molar-refractivity contribution is 6.32. The Kier molecular flexibility index (Phi) is 7.64. The minimum atomic E-state index is -0.0561. The Hall–Kier alpha value is -2.76. The molecule has 0 unspecified atom stereocenters. The number of Topliss-reactive ketones (excluding diaryl/α,β-unsaturated/α-hetero) is 1. The summed E-state index contributed by atoms with van der Waals surface area (Å²) in [5, 5.41) is 12.7. The van der Waals surface area contributed by atoms with E-state index in [1.54, 1.807) is 6.07 Å². The van der Waals surface area contributed by atoms with Crippen molar-refractivity contribution in [3.63, 3.8) is 0 Å². The van der Waals surface area contributed by atoms with E-state index < -0.39 is 0 Å². The minimum Gasteiger partial charge on any atom is -0.503 e. The van der Waals surface area contributed by atoms with Crippen LogP contribution in [0.5, 0.6) is 11.5 Å². The van der Waals surface area contributed by atoms with Crippen molar-refractivity contribution >= 4 is 33.8 Å². The quantitative estimate of drug-likeness (QED) is 0.339. The van der Waals surface area contributed by atoms with Crippen molar-refractivity contribution in [1.82, 2.24) is 4.90 Å². The molecule has 1 N–H and O–H groups in total. The first kappa shape index (κ1) is 25.9. The third-order valence-electron chi connectivity index (χ3n) is 8.12. The number of phenolic OH excluding ortho intramolecular Hbond substituents is 1. The predicted molar refractivity (Wildman–Crippen MR) is 152 cm³/mol. The average molecular weight is 521 g/mol. The first-order chi connectivity index (χ1) is 17.9. The number of aromatic hydroxyl groups is 1. The molecule has 0 spiro atoms. The molecule has 196 valence electrons. The predicted octanol–water partition coefficient (Wildman–Crippen LogP) is 7.03. The van der Waals surface area contributed by atoms with Gasteiger partial charge in [0.15, 0.2) is 17.3 Å². The number of carbonyl (C=O) groups is 1. The SMILES string of the molecule is COc1cc(-c2ccc3ccc(C(=O)C4CCCC4)c(N4CCC(CN(C)C)CC4)c3c2)cc(Cl)c1O. The highest BCUT2D eigenvalue weighted by Crippen LogP contribution is 2.42. The highest BCUT2D eigenvalue weighted by Gasteiger charge is 2.30. The van der Waals surface area contributed by atoms with E-state index in [2.05, 4.69) is 54.2 Å². The largest absolute Gasteiger partial charge is 0.503 e. The van der Waals surface area contributed by atoms with E-state index in [9.17, 15) is 9.90 Å². The van der Waals surface area contributed by atoms with Gasteiger partial charge in [-0.05, 0) is 86.5 Å². The molecular weight excluding hydrogens is 484 g/mol. The van der Waals surface area contributed by atoms with Crippen molar-refractivity contribution in [3.8, 4) is 22.6 Å². The van der Waals surface area contributed by atoms with Gasteiger partial charge in [-0.25, -0.2) is 0 Å². The number of rotatable bonds is 7. The fourth-order valence-electron chi connectivity index (χ4n) is 6.18. The van der Waals surface area contributed by atoms with Crippen LogP contribution in [-0.2, 0) is 0 Å². The maximum absolute atomic E-state index is 13.8. The topological polar surface area (TPSA) is 53.0 Å². The summed E-state index contributed by atoms with van der Waals surface area (Å²) in [7, 11) is 5.80. The van der Waals surface area contributed by atoms with Crippen molar-refractivity contribution in [2.45, 2.75) is 38.5 Å². The second-order valence-corrected chi connectivity index (χ2v) is 11.4. The number of nitrogens with zero attached hydrogens (tertiary/aromatic N) is 2. The third kappa shape index (κ3) is 5.30. The molecule has 1 aliphatic heterocycles. The van der Waals surface area contributed by atoms with Crippen LogP contribution in [0.3, 0.4) is 0 Å². The molecule has 2 fully saturated rings. The zero-order valence-electron chi connectivity index (χ0n) is 22.1. The number of halogens is 1. The lowest BCUT2D eigenvalue weighted by atomic mass is 9.89. The number of phenols is 1. The minimum absolute atomic E-state index is 0.0561. The van der Waals surface area contributed by atoms with Crippen LogP contribution in [-0.4, -0.2) is 56.6 Å². The first-order valence-electron chi connectivity index (χ1n) is 13.4. The molecule has 5 nitrogen and oxygen atoms in total. The molecule has 1 saturated heterocycles. The van der Waals surface area contributed by atoms with Gasteiger partial charge >= 0.3 is 0 Å². The summed E-state index contributed by atoms with van der Waals surface area (Å²) < 4.78 is 5.35. The number of carbonyl (C=O) groups excluding carboxylic acids is 1. The van der Waals surface area contributed by atoms with Gasteiger partial charge in [-0.2, -0.15) is 0 Å². The van der Waals surface area contributed by atoms with Gasteiger partial charge in [0, 0.05) is 36.5 Å². The monoisotopic (exact) mass is 520 g/mol. The van der Waals surface area contributed by atoms with Gasteiger partial charge in [0.25, 0.3) is 0 Å². The Balaban J connectivity index is 1.60. The van der Waals surface area contributed by atoms with E-state index in [1.807, 2.05) is 6.07 Å². The first-order valence-corrected chi connectivity index (χ1v) is 13.8. The third-order valence-corrected chi connectivity index (χ3v) is 8.41. The molecule has 0 aromatic heterocycles. The highest BCUT2D eigenvalue weighted by atomic mass is 35.5. The maximum atomic E-state index is 13.8. The normalized spacial score (nSPS) is 17.2. The lowest BCUT2D eigenvalue weighted by Crippen LogP contribution is -2.38. The van der Waals surface area contributed by atoms with Crippen molar-refractivity contribution in [2.75, 3.05) is 45.7 Å². The van der Waals surface area contributed by atoms with Crippen LogP contribution in [0.2, 0.25) is 5.02 Å². The number of ketones is 1. The molecule has 0 atom stereocenters. The number of methoxy groups -OCH3 is 1. The molecule has 0 radical (unpaired) electrons. The summed E-state index contributed by atoms with van der Waals surface area (Å²) in [6.07, 6.45) is 6.51. The molecule has 1 heterocycles. The standard InChI is InChI=1S/C31H37ClN2O3/c1-33(2)19-20-12-14-34(15-13-20)29-25(30(35)22-6-4-5-7-22)11-10-21-8-9-23(16-26(21)29)24-17-27(32)31(36)28(18-24)37-3/h8-11,16-18,20,22,36H,4-7,12-15,19H2,1-3H3. The number of ether oxygens (including phenoxy) is 1. The molecule has 1 saturated carbocycles. The van der Waals surface area contributed by atoms with E-state index >= 15 is 0 Å². The number of fused-ring (bicyclic) bond motifs is 1. The Morgan fingerprint density at radius 3 is 2.41 bits per heavy atom. The Morgan fingerprint density at radius 2 is 1.73 bits per heavy atom. The lowest BCUT2D eigenvalue weighted by molar-refractivity contribution is 0.0923. The molecule has 6 heteroatoms. The van der Waals surface area contributed by atoms with Crippen LogP contribution in [0.15, 0.2) is 42.5 Å². The summed E-state index contributed by atoms with van der Waals surface area (Å²) in [5.41, 5.74) is 3.78. The molecule has 5 rings (SSSR count). The average Bonchev–Trinajstić information content (AvgIpc) is 3.44. The smallest absolute Gasteiger partial charge is 0.176 e. The van der Waals surface area contributed by atoms with E-state index in [1.165, 1.54) is 7.11 Å². The molecule has 3 aromatic carbocycles. The Morgan fingerprint density at radius 1 is 1.03 bits per heavy atom. The van der Waals surface area contributed by atoms with Crippen molar-refractivity contribution in [1.29, 1.82) is 0 Å². The van der Waals surface area contributed by atoms with Crippen LogP contribution in [0, 0.1) is 11.8 Å². The van der Waals surface area contributed by atoms with E-state index in [0.717, 1.165) is 91.3 Å². The van der Waals surface area contributed by atoms with Crippen molar-refractivity contribution in [2.24, 2.45) is 11.8 Å². The van der Waals surface area contributed by atoms with Gasteiger partial charge in [0.1, 0.15) is 0 Å². The Labute approximate surface area is 225 Å². The zero-order valence-corrected chi connectivity index (χ0v) is 22.9. The second-order valence-electron chi connectivity index (χ2n) is 10.9. The van der Waals surface area contributed by atoms with Crippen LogP contribution in [0.25, 0.3) is 21.9 Å². The van der Waals surface area contributed by atoms with Gasteiger partial charge < -0.3 is 19.6 Å². The number of hydrogen-bond donors (Lipinski definition) is 1. The molecule has 0 bridgehead atoms. The zero-order chi connectivity index (χ0) is 26.1. The van der Waals surface area contributed by atoms with Crippen LogP contribution in [0.1, 0.15) is 48.9 Å². The fourth-order valence-corrected chi connectivity index (χ4v) is 6.39. The van der Waals surface area contributed by atoms with Crippen molar-refractivity contribution < 1.29 is 14.6 Å². The van der Waals surface area contributed by atoms with Gasteiger partial charge in [-0.1, -0.05) is 42.6 Å². The van der Waals surface area contributed by atoms with Gasteiger partial charge in [0.05, 0.1) is 17.8 Å². The molecule has 0 amide bonds. The van der Waals surface area contributed by atoms with Crippen LogP contribution in [0.4, 0.5) is 5.69 Å². The maximum Gasteiger partial charge on any atom is 0.176 e. The van der Waals surface area contributed by atoms with E-state index in [0.29, 0.717) is 17.5 Å². The number of benzene rings is 3. The van der Waals surface area contributed by atoms with Gasteiger partial charge in [-0.15, -0.1) is 0 Å². The summed E-state index contributed by atoms with van der Waals surface area (Å²) in [4.78, 5) is 18.5. The molecule has 37 heavy (non-hydrogen) atoms. The number of piperidine rings is 1. The summed E-state index contributed by atoms with van der Waals surface area (Å²) in [6, 6.07) is 14.1. The van der Waals surface area contributed by atoms with Gasteiger partial charge in [-0.3, -0.25) is 4.79 Å². The van der Waals surface area contributed by atoms with Crippen molar-refractivity contribution in [3.05, 3.63) is 53.1 Å². The summed E-state index contributed by atoms with van der Waals surface area (Å²) >= 11 is 6.32. The molecule has 3 aromatic rings. The molecule has 1 aliphatic carbocycles. The number of anilines is 1.